The van der Waals surface area contributed by atoms with Gasteiger partial charge < -0.3 is 14.2 Å². The number of methoxy groups -OCH3 is 2. The van der Waals surface area contributed by atoms with Crippen LogP contribution in [-0.2, 0) is 9.53 Å². The highest BCUT2D eigenvalue weighted by atomic mass is 16.5. The van der Waals surface area contributed by atoms with Gasteiger partial charge in [0.15, 0.2) is 17.3 Å². The van der Waals surface area contributed by atoms with Gasteiger partial charge in [-0.05, 0) is 31.9 Å². The van der Waals surface area contributed by atoms with Gasteiger partial charge in [0.25, 0.3) is 0 Å². The van der Waals surface area contributed by atoms with Crippen molar-refractivity contribution in [3.05, 3.63) is 23.8 Å². The quantitative estimate of drug-likeness (QED) is 0.352. The highest BCUT2D eigenvalue weighted by molar-refractivity contribution is 5.99. The Morgan fingerprint density at radius 1 is 0.957 bits per heavy atom. The lowest BCUT2D eigenvalue weighted by Gasteiger charge is -2.11. The second kappa shape index (κ2) is 10.6. The Balaban J connectivity index is 2.36. The maximum atomic E-state index is 12.3. The molecule has 1 aromatic rings. The summed E-state index contributed by atoms with van der Waals surface area (Å²) < 4.78 is 15.4. The normalized spacial score (nSPS) is 10.2. The van der Waals surface area contributed by atoms with Crippen molar-refractivity contribution in [3.8, 4) is 11.5 Å². The van der Waals surface area contributed by atoms with Crippen LogP contribution in [0.1, 0.15) is 55.8 Å². The van der Waals surface area contributed by atoms with Crippen LogP contribution in [0.25, 0.3) is 0 Å². The third-order valence-corrected chi connectivity index (χ3v) is 3.54. The van der Waals surface area contributed by atoms with Crippen molar-refractivity contribution in [3.63, 3.8) is 0 Å². The van der Waals surface area contributed by atoms with Crippen LogP contribution in [-0.4, -0.2) is 32.6 Å². The molecule has 0 saturated carbocycles. The summed E-state index contributed by atoms with van der Waals surface area (Å²) in [4.78, 5) is 23.5. The third kappa shape index (κ3) is 6.30. The molecule has 1 rings (SSSR count). The maximum absolute atomic E-state index is 12.3. The molecule has 0 heterocycles. The molecule has 0 saturated heterocycles. The first kappa shape index (κ1) is 19.0. The van der Waals surface area contributed by atoms with E-state index in [9.17, 15) is 9.59 Å². The van der Waals surface area contributed by atoms with E-state index in [-0.39, 0.29) is 11.8 Å². The molecule has 0 aliphatic heterocycles. The summed E-state index contributed by atoms with van der Waals surface area (Å²) in [6.45, 7) is 2.23. The minimum absolute atomic E-state index is 0.0474. The first-order chi connectivity index (χ1) is 11.1. The highest BCUT2D eigenvalue weighted by Gasteiger charge is 2.15. The van der Waals surface area contributed by atoms with Crippen molar-refractivity contribution in [2.45, 2.75) is 45.4 Å². The van der Waals surface area contributed by atoms with Crippen LogP contribution in [0.3, 0.4) is 0 Å². The minimum Gasteiger partial charge on any atom is -0.493 e. The van der Waals surface area contributed by atoms with E-state index in [0.29, 0.717) is 36.5 Å². The van der Waals surface area contributed by atoms with Crippen LogP contribution in [0.4, 0.5) is 0 Å². The molecule has 0 fully saturated rings. The zero-order chi connectivity index (χ0) is 17.1. The van der Waals surface area contributed by atoms with E-state index in [4.69, 9.17) is 14.2 Å². The number of para-hydroxylation sites is 1. The number of hydrogen-bond acceptors (Lipinski definition) is 5. The Kier molecular flexibility index (Phi) is 8.80. The van der Waals surface area contributed by atoms with Crippen molar-refractivity contribution < 1.29 is 23.8 Å². The number of carbonyl (C=O) groups excluding carboxylic acids is 2. The van der Waals surface area contributed by atoms with Crippen molar-refractivity contribution in [2.75, 3.05) is 20.8 Å². The first-order valence-corrected chi connectivity index (χ1v) is 8.03. The van der Waals surface area contributed by atoms with E-state index in [1.165, 1.54) is 7.11 Å². The van der Waals surface area contributed by atoms with Crippen molar-refractivity contribution >= 4 is 11.8 Å². The predicted octanol–water partition coefficient (Wildman–Crippen LogP) is 3.79. The van der Waals surface area contributed by atoms with E-state index in [2.05, 4.69) is 0 Å². The lowest BCUT2D eigenvalue weighted by atomic mass is 10.0. The second-order valence-corrected chi connectivity index (χ2v) is 5.18. The number of benzene rings is 1. The van der Waals surface area contributed by atoms with E-state index < -0.39 is 0 Å². The van der Waals surface area contributed by atoms with Gasteiger partial charge in [-0.1, -0.05) is 18.9 Å². The van der Waals surface area contributed by atoms with Gasteiger partial charge in [-0.3, -0.25) is 9.59 Å². The van der Waals surface area contributed by atoms with E-state index in [1.54, 1.807) is 32.2 Å². The van der Waals surface area contributed by atoms with Crippen LogP contribution in [0.15, 0.2) is 18.2 Å². The largest absolute Gasteiger partial charge is 0.493 e. The number of carbonyl (C=O) groups is 2. The second-order valence-electron chi connectivity index (χ2n) is 5.18. The number of Topliss-reactive ketones (excluding diaryl/α,β-unsaturated/α-hetero) is 1. The smallest absolute Gasteiger partial charge is 0.305 e. The number of ketones is 1. The van der Waals surface area contributed by atoms with Crippen LogP contribution in [0, 0.1) is 0 Å². The lowest BCUT2D eigenvalue weighted by molar-refractivity contribution is -0.143. The molecule has 0 amide bonds. The van der Waals surface area contributed by atoms with Crippen LogP contribution in [0.2, 0.25) is 0 Å². The monoisotopic (exact) mass is 322 g/mol. The Morgan fingerprint density at radius 3 is 2.26 bits per heavy atom. The standard InChI is InChI=1S/C18H26O5/c1-4-23-17(20)13-8-6-5-7-11-15(19)14-10-9-12-16(21-2)18(14)22-3/h9-10,12H,4-8,11,13H2,1-3H3. The number of ether oxygens (including phenoxy) is 3. The van der Waals surface area contributed by atoms with Gasteiger partial charge in [-0.25, -0.2) is 0 Å². The van der Waals surface area contributed by atoms with Gasteiger partial charge in [-0.15, -0.1) is 0 Å². The van der Waals surface area contributed by atoms with Crippen LogP contribution < -0.4 is 9.47 Å². The Labute approximate surface area is 137 Å². The Hall–Kier alpha value is -2.04. The number of esters is 1. The molecular formula is C18H26O5. The summed E-state index contributed by atoms with van der Waals surface area (Å²) >= 11 is 0. The summed E-state index contributed by atoms with van der Waals surface area (Å²) in [5, 5.41) is 0. The zero-order valence-electron chi connectivity index (χ0n) is 14.2. The fraction of sp³-hybridized carbons (Fsp3) is 0.556. The topological polar surface area (TPSA) is 61.8 Å². The van der Waals surface area contributed by atoms with Crippen molar-refractivity contribution in [1.82, 2.24) is 0 Å². The van der Waals surface area contributed by atoms with Gasteiger partial charge in [0.1, 0.15) is 0 Å². The van der Waals surface area contributed by atoms with Gasteiger partial charge in [0.2, 0.25) is 0 Å². The van der Waals surface area contributed by atoms with Crippen LogP contribution >= 0.6 is 0 Å². The Morgan fingerprint density at radius 2 is 1.65 bits per heavy atom. The molecule has 0 radical (unpaired) electrons. The molecule has 0 aromatic heterocycles. The number of hydrogen-bond donors (Lipinski definition) is 0. The summed E-state index contributed by atoms with van der Waals surface area (Å²) in [5.41, 5.74) is 0.554. The average Bonchev–Trinajstić information content (AvgIpc) is 2.57. The molecule has 0 unspecified atom stereocenters. The molecular weight excluding hydrogens is 296 g/mol. The molecule has 0 bridgehead atoms. The van der Waals surface area contributed by atoms with Gasteiger partial charge in [-0.2, -0.15) is 0 Å². The Bertz CT molecular complexity index is 510. The summed E-state index contributed by atoms with van der Waals surface area (Å²) in [7, 11) is 3.08. The lowest BCUT2D eigenvalue weighted by Crippen LogP contribution is -2.04. The minimum atomic E-state index is -0.148. The highest BCUT2D eigenvalue weighted by Crippen LogP contribution is 2.31. The molecule has 0 N–H and O–H groups in total. The number of rotatable bonds is 11. The van der Waals surface area contributed by atoms with Crippen LogP contribution in [0.5, 0.6) is 11.5 Å². The summed E-state index contributed by atoms with van der Waals surface area (Å²) in [6.07, 6.45) is 4.34. The molecule has 23 heavy (non-hydrogen) atoms. The summed E-state index contributed by atoms with van der Waals surface area (Å²) in [6, 6.07) is 5.31. The SMILES string of the molecule is CCOC(=O)CCCCCCC(=O)c1cccc(OC)c1OC. The molecule has 0 spiro atoms. The molecule has 0 aliphatic rings. The van der Waals surface area contributed by atoms with Crippen molar-refractivity contribution in [2.24, 2.45) is 0 Å². The van der Waals surface area contributed by atoms with E-state index in [1.807, 2.05) is 0 Å². The van der Waals surface area contributed by atoms with E-state index in [0.717, 1.165) is 25.7 Å². The average molecular weight is 322 g/mol. The van der Waals surface area contributed by atoms with E-state index >= 15 is 0 Å². The fourth-order valence-corrected chi connectivity index (χ4v) is 2.38. The number of unbranched alkanes of at least 4 members (excludes halogenated alkanes) is 3. The molecule has 5 heteroatoms. The van der Waals surface area contributed by atoms with Gasteiger partial charge in [0, 0.05) is 12.8 Å². The molecule has 0 aliphatic carbocycles. The fourth-order valence-electron chi connectivity index (χ4n) is 2.38. The maximum Gasteiger partial charge on any atom is 0.305 e. The first-order valence-electron chi connectivity index (χ1n) is 8.03. The molecule has 128 valence electrons. The molecule has 5 nitrogen and oxygen atoms in total. The van der Waals surface area contributed by atoms with Gasteiger partial charge >= 0.3 is 5.97 Å². The molecule has 0 atom stereocenters. The molecule has 1 aromatic carbocycles. The summed E-state index contributed by atoms with van der Waals surface area (Å²) in [5.74, 6) is 0.950. The predicted molar refractivity (Wildman–Crippen MR) is 88.2 cm³/mol. The third-order valence-electron chi connectivity index (χ3n) is 3.54. The van der Waals surface area contributed by atoms with Gasteiger partial charge in [0.05, 0.1) is 26.4 Å². The zero-order valence-corrected chi connectivity index (χ0v) is 14.2. The van der Waals surface area contributed by atoms with Crippen molar-refractivity contribution in [1.29, 1.82) is 0 Å².